The number of hydrogen-bond acceptors (Lipinski definition) is 7. The number of aromatic nitrogens is 3. The monoisotopic (exact) mass is 322 g/mol. The smallest absolute Gasteiger partial charge is 0.190 e. The summed E-state index contributed by atoms with van der Waals surface area (Å²) in [5.41, 5.74) is 6.60. The molecule has 0 radical (unpaired) electrons. The molecule has 0 fully saturated rings. The molecule has 21 heavy (non-hydrogen) atoms. The Morgan fingerprint density at radius 1 is 1.29 bits per heavy atom. The molecule has 7 heteroatoms. The van der Waals surface area contributed by atoms with E-state index in [4.69, 9.17) is 5.73 Å². The fraction of sp³-hybridized carbons (Fsp3) is 0.357. The lowest BCUT2D eigenvalue weighted by atomic mass is 9.99. The molecule has 0 unspecified atom stereocenters. The highest BCUT2D eigenvalue weighted by Crippen LogP contribution is 2.25. The van der Waals surface area contributed by atoms with Crippen molar-refractivity contribution in [3.8, 4) is 0 Å². The first-order chi connectivity index (χ1) is 9.88. The van der Waals surface area contributed by atoms with Gasteiger partial charge in [0, 0.05) is 18.0 Å². The Hall–Kier alpha value is -1.31. The number of thioether (sulfide) groups is 2. The van der Waals surface area contributed by atoms with Crippen LogP contribution in [0, 0.1) is 0 Å². The van der Waals surface area contributed by atoms with Crippen LogP contribution in [0.25, 0.3) is 0 Å². The predicted octanol–water partition coefficient (Wildman–Crippen LogP) is 2.70. The van der Waals surface area contributed by atoms with Crippen molar-refractivity contribution >= 4 is 29.3 Å². The Bertz CT molecular complexity index is 629. The molecule has 0 aliphatic carbocycles. The molecule has 0 atom stereocenters. The van der Waals surface area contributed by atoms with Gasteiger partial charge in [-0.3, -0.25) is 4.98 Å². The number of nitrogens with zero attached hydrogens (tertiary/aromatic N) is 3. The van der Waals surface area contributed by atoms with Gasteiger partial charge in [0.25, 0.3) is 0 Å². The summed E-state index contributed by atoms with van der Waals surface area (Å²) in [5.74, 6) is 1.09. The van der Waals surface area contributed by atoms with E-state index < -0.39 is 5.60 Å². The Balaban J connectivity index is 2.11. The SMILES string of the molecule is CSc1cc(N)nc(SCc2cc(C(C)(C)O)ccn2)n1. The van der Waals surface area contributed by atoms with Crippen LogP contribution in [0.1, 0.15) is 25.1 Å². The number of anilines is 1. The fourth-order valence-corrected chi connectivity index (χ4v) is 2.91. The molecular formula is C14H18N4OS2. The zero-order chi connectivity index (χ0) is 15.5. The lowest BCUT2D eigenvalue weighted by molar-refractivity contribution is 0.0784. The summed E-state index contributed by atoms with van der Waals surface area (Å²) in [6, 6.07) is 5.47. The van der Waals surface area contributed by atoms with E-state index in [0.717, 1.165) is 16.3 Å². The van der Waals surface area contributed by atoms with E-state index in [2.05, 4.69) is 15.0 Å². The van der Waals surface area contributed by atoms with Gasteiger partial charge in [0.15, 0.2) is 5.16 Å². The Morgan fingerprint density at radius 2 is 2.05 bits per heavy atom. The van der Waals surface area contributed by atoms with E-state index in [-0.39, 0.29) is 0 Å². The van der Waals surface area contributed by atoms with Crippen LogP contribution in [0.4, 0.5) is 5.82 Å². The maximum Gasteiger partial charge on any atom is 0.190 e. The molecule has 0 spiro atoms. The second-order valence-corrected chi connectivity index (χ2v) is 6.77. The summed E-state index contributed by atoms with van der Waals surface area (Å²) in [6.45, 7) is 3.51. The third kappa shape index (κ3) is 4.59. The van der Waals surface area contributed by atoms with Gasteiger partial charge in [0.1, 0.15) is 10.8 Å². The van der Waals surface area contributed by atoms with Crippen LogP contribution in [-0.4, -0.2) is 26.3 Å². The largest absolute Gasteiger partial charge is 0.386 e. The molecule has 2 rings (SSSR count). The predicted molar refractivity (Wildman–Crippen MR) is 87.3 cm³/mol. The minimum Gasteiger partial charge on any atom is -0.386 e. The molecule has 0 aliphatic rings. The summed E-state index contributed by atoms with van der Waals surface area (Å²) >= 11 is 3.01. The van der Waals surface area contributed by atoms with Gasteiger partial charge in [-0.25, -0.2) is 9.97 Å². The number of hydrogen-bond donors (Lipinski definition) is 2. The molecule has 0 saturated heterocycles. The summed E-state index contributed by atoms with van der Waals surface area (Å²) in [5, 5.41) is 11.5. The molecule has 0 saturated carbocycles. The average molecular weight is 322 g/mol. The van der Waals surface area contributed by atoms with Gasteiger partial charge >= 0.3 is 0 Å². The maximum atomic E-state index is 10.0. The number of nitrogen functional groups attached to an aromatic ring is 1. The number of nitrogens with two attached hydrogens (primary N) is 1. The molecule has 0 aliphatic heterocycles. The molecule has 0 bridgehead atoms. The van der Waals surface area contributed by atoms with Crippen molar-refractivity contribution < 1.29 is 5.11 Å². The molecule has 0 aromatic carbocycles. The van der Waals surface area contributed by atoms with Gasteiger partial charge < -0.3 is 10.8 Å². The van der Waals surface area contributed by atoms with Crippen LogP contribution in [0.2, 0.25) is 0 Å². The Kier molecular flexibility index (Phi) is 5.08. The summed E-state index contributed by atoms with van der Waals surface area (Å²) in [4.78, 5) is 12.9. The topological polar surface area (TPSA) is 84.9 Å². The fourth-order valence-electron chi connectivity index (χ4n) is 1.67. The number of aliphatic hydroxyl groups is 1. The van der Waals surface area contributed by atoms with Crippen LogP contribution in [-0.2, 0) is 11.4 Å². The average Bonchev–Trinajstić information content (AvgIpc) is 2.44. The third-order valence-corrected chi connectivity index (χ3v) is 4.29. The van der Waals surface area contributed by atoms with Gasteiger partial charge in [0.2, 0.25) is 0 Å². The number of pyridine rings is 1. The standard InChI is InChI=1S/C14H18N4OS2/c1-14(2,19)9-4-5-16-10(6-9)8-21-13-17-11(15)7-12(18-13)20-3/h4-7,19H,8H2,1-3H3,(H2,15,17,18). The van der Waals surface area contributed by atoms with Gasteiger partial charge in [0.05, 0.1) is 11.3 Å². The van der Waals surface area contributed by atoms with Gasteiger partial charge in [-0.15, -0.1) is 11.8 Å². The van der Waals surface area contributed by atoms with E-state index in [1.54, 1.807) is 26.1 Å². The second-order valence-electron chi connectivity index (χ2n) is 5.00. The first-order valence-electron chi connectivity index (χ1n) is 6.37. The Labute approximate surface area is 132 Å². The molecule has 3 N–H and O–H groups in total. The van der Waals surface area contributed by atoms with E-state index >= 15 is 0 Å². The summed E-state index contributed by atoms with van der Waals surface area (Å²) in [6.07, 6.45) is 3.65. The molecular weight excluding hydrogens is 304 g/mol. The van der Waals surface area contributed by atoms with E-state index in [1.807, 2.05) is 18.4 Å². The van der Waals surface area contributed by atoms with E-state index in [1.165, 1.54) is 23.5 Å². The quantitative estimate of drug-likeness (QED) is 0.497. The van der Waals surface area contributed by atoms with Crippen LogP contribution in [0.5, 0.6) is 0 Å². The maximum absolute atomic E-state index is 10.0. The highest BCUT2D eigenvalue weighted by molar-refractivity contribution is 7.99. The molecule has 2 aromatic heterocycles. The second kappa shape index (κ2) is 6.64. The molecule has 2 aromatic rings. The van der Waals surface area contributed by atoms with Crippen molar-refractivity contribution in [2.24, 2.45) is 0 Å². The van der Waals surface area contributed by atoms with E-state index in [0.29, 0.717) is 16.7 Å². The van der Waals surface area contributed by atoms with Crippen LogP contribution < -0.4 is 5.73 Å². The summed E-state index contributed by atoms with van der Waals surface area (Å²) < 4.78 is 0. The van der Waals surface area contributed by atoms with Crippen molar-refractivity contribution in [2.45, 2.75) is 35.4 Å². The van der Waals surface area contributed by atoms with Crippen molar-refractivity contribution in [1.29, 1.82) is 0 Å². The zero-order valence-electron chi connectivity index (χ0n) is 12.2. The first kappa shape index (κ1) is 16.1. The minimum atomic E-state index is -0.873. The van der Waals surface area contributed by atoms with Crippen LogP contribution in [0.3, 0.4) is 0 Å². The normalized spacial score (nSPS) is 11.6. The zero-order valence-corrected chi connectivity index (χ0v) is 13.8. The van der Waals surface area contributed by atoms with Gasteiger partial charge in [-0.1, -0.05) is 11.8 Å². The molecule has 0 amide bonds. The van der Waals surface area contributed by atoms with Gasteiger partial charge in [-0.05, 0) is 37.8 Å². The highest BCUT2D eigenvalue weighted by Gasteiger charge is 2.16. The van der Waals surface area contributed by atoms with Crippen molar-refractivity contribution in [2.75, 3.05) is 12.0 Å². The highest BCUT2D eigenvalue weighted by atomic mass is 32.2. The summed E-state index contributed by atoms with van der Waals surface area (Å²) in [7, 11) is 0. The third-order valence-electron chi connectivity index (χ3n) is 2.78. The molecule has 5 nitrogen and oxygen atoms in total. The Morgan fingerprint density at radius 3 is 2.71 bits per heavy atom. The minimum absolute atomic E-state index is 0.468. The van der Waals surface area contributed by atoms with Crippen molar-refractivity contribution in [3.63, 3.8) is 0 Å². The number of rotatable bonds is 5. The molecule has 112 valence electrons. The molecule has 2 heterocycles. The lowest BCUT2D eigenvalue weighted by Crippen LogP contribution is -2.15. The van der Waals surface area contributed by atoms with Gasteiger partial charge in [-0.2, -0.15) is 0 Å². The lowest BCUT2D eigenvalue weighted by Gasteiger charge is -2.18. The van der Waals surface area contributed by atoms with E-state index in [9.17, 15) is 5.11 Å². The van der Waals surface area contributed by atoms with Crippen LogP contribution in [0.15, 0.2) is 34.6 Å². The van der Waals surface area contributed by atoms with Crippen LogP contribution >= 0.6 is 23.5 Å². The van der Waals surface area contributed by atoms with Crippen molar-refractivity contribution in [1.82, 2.24) is 15.0 Å². The van der Waals surface area contributed by atoms with Crippen molar-refractivity contribution in [3.05, 3.63) is 35.7 Å². The first-order valence-corrected chi connectivity index (χ1v) is 8.58.